The van der Waals surface area contributed by atoms with Gasteiger partial charge in [0.2, 0.25) is 0 Å². The predicted molar refractivity (Wildman–Crippen MR) is 99.3 cm³/mol. The summed E-state index contributed by atoms with van der Waals surface area (Å²) in [7, 11) is 1.60. The molecular weight excluding hydrogens is 320 g/mol. The molecule has 0 atom stereocenters. The maximum atomic E-state index is 12.3. The number of aromatic nitrogens is 1. The summed E-state index contributed by atoms with van der Waals surface area (Å²) in [6.45, 7) is 6.55. The highest BCUT2D eigenvalue weighted by Gasteiger charge is 2.16. The van der Waals surface area contributed by atoms with Crippen molar-refractivity contribution in [3.05, 3.63) is 53.6 Å². The van der Waals surface area contributed by atoms with E-state index in [2.05, 4.69) is 43.2 Å². The fourth-order valence-corrected chi connectivity index (χ4v) is 3.26. The molecule has 24 heavy (non-hydrogen) atoms. The Balaban J connectivity index is 1.83. The molecular formula is C19H20N2O2S. The van der Waals surface area contributed by atoms with Crippen LogP contribution in [-0.4, -0.2) is 18.0 Å². The SMILES string of the molecule is COc1ccc(C(=O)Nc2nc3ccc(C(C)(C)C)cc3s2)cc1. The summed E-state index contributed by atoms with van der Waals surface area (Å²) < 4.78 is 6.18. The van der Waals surface area contributed by atoms with Gasteiger partial charge >= 0.3 is 0 Å². The van der Waals surface area contributed by atoms with Crippen LogP contribution in [0.5, 0.6) is 5.75 Å². The average molecular weight is 340 g/mol. The molecule has 124 valence electrons. The molecule has 3 aromatic rings. The highest BCUT2D eigenvalue weighted by molar-refractivity contribution is 7.22. The zero-order valence-corrected chi connectivity index (χ0v) is 15.0. The molecule has 0 saturated carbocycles. The summed E-state index contributed by atoms with van der Waals surface area (Å²) in [4.78, 5) is 16.8. The number of nitrogens with one attached hydrogen (secondary N) is 1. The van der Waals surface area contributed by atoms with Crippen molar-refractivity contribution in [1.82, 2.24) is 4.98 Å². The second kappa shape index (κ2) is 6.24. The lowest BCUT2D eigenvalue weighted by atomic mass is 9.87. The molecule has 4 nitrogen and oxygen atoms in total. The predicted octanol–water partition coefficient (Wildman–Crippen LogP) is 4.85. The Hall–Kier alpha value is -2.40. The molecule has 0 aliphatic carbocycles. The van der Waals surface area contributed by atoms with Crippen LogP contribution in [0.15, 0.2) is 42.5 Å². The quantitative estimate of drug-likeness (QED) is 0.741. The van der Waals surface area contributed by atoms with E-state index in [-0.39, 0.29) is 11.3 Å². The zero-order valence-electron chi connectivity index (χ0n) is 14.2. The number of ether oxygens (including phenoxy) is 1. The number of hydrogen-bond donors (Lipinski definition) is 1. The van der Waals surface area contributed by atoms with Gasteiger partial charge in [-0.3, -0.25) is 10.1 Å². The standard InChI is InChI=1S/C19H20N2O2S/c1-19(2,3)13-7-10-15-16(11-13)24-18(20-15)21-17(22)12-5-8-14(23-4)9-6-12/h5-11H,1-4H3,(H,20,21,22). The van der Waals surface area contributed by atoms with Gasteiger partial charge in [0, 0.05) is 5.56 Å². The Morgan fingerprint density at radius 3 is 2.46 bits per heavy atom. The van der Waals surface area contributed by atoms with Gasteiger partial charge in [0.05, 0.1) is 17.3 Å². The van der Waals surface area contributed by atoms with Crippen molar-refractivity contribution < 1.29 is 9.53 Å². The van der Waals surface area contributed by atoms with E-state index in [0.717, 1.165) is 16.0 Å². The van der Waals surface area contributed by atoms with Gasteiger partial charge in [0.15, 0.2) is 5.13 Å². The molecule has 0 radical (unpaired) electrons. The minimum Gasteiger partial charge on any atom is -0.497 e. The Morgan fingerprint density at radius 1 is 1.12 bits per heavy atom. The topological polar surface area (TPSA) is 51.2 Å². The van der Waals surface area contributed by atoms with E-state index in [4.69, 9.17) is 4.74 Å². The molecule has 1 aromatic heterocycles. The number of carbonyl (C=O) groups is 1. The second-order valence-electron chi connectivity index (χ2n) is 6.63. The number of hydrogen-bond acceptors (Lipinski definition) is 4. The van der Waals surface area contributed by atoms with E-state index in [0.29, 0.717) is 10.7 Å². The Bertz CT molecular complexity index is 877. The number of anilines is 1. The summed E-state index contributed by atoms with van der Waals surface area (Å²) in [5, 5.41) is 3.48. The van der Waals surface area contributed by atoms with Crippen LogP contribution in [0.1, 0.15) is 36.7 Å². The van der Waals surface area contributed by atoms with Gasteiger partial charge in [-0.2, -0.15) is 0 Å². The largest absolute Gasteiger partial charge is 0.497 e. The van der Waals surface area contributed by atoms with Gasteiger partial charge < -0.3 is 4.74 Å². The maximum Gasteiger partial charge on any atom is 0.257 e. The van der Waals surface area contributed by atoms with Gasteiger partial charge in [0.25, 0.3) is 5.91 Å². The molecule has 0 fully saturated rings. The maximum absolute atomic E-state index is 12.3. The van der Waals surface area contributed by atoms with Crippen molar-refractivity contribution in [3.8, 4) is 5.75 Å². The minimum atomic E-state index is -0.173. The van der Waals surface area contributed by atoms with Crippen LogP contribution in [-0.2, 0) is 5.41 Å². The molecule has 1 N–H and O–H groups in total. The first-order valence-corrected chi connectivity index (χ1v) is 8.55. The monoisotopic (exact) mass is 340 g/mol. The smallest absolute Gasteiger partial charge is 0.257 e. The van der Waals surface area contributed by atoms with E-state index >= 15 is 0 Å². The van der Waals surface area contributed by atoms with Crippen molar-refractivity contribution in [2.24, 2.45) is 0 Å². The van der Waals surface area contributed by atoms with Crippen LogP contribution in [0.4, 0.5) is 5.13 Å². The summed E-state index contributed by atoms with van der Waals surface area (Å²) in [6, 6.07) is 13.3. The molecule has 1 heterocycles. The molecule has 3 rings (SSSR count). The highest BCUT2D eigenvalue weighted by atomic mass is 32.1. The van der Waals surface area contributed by atoms with Crippen LogP contribution in [0, 0.1) is 0 Å². The lowest BCUT2D eigenvalue weighted by Gasteiger charge is -2.18. The van der Waals surface area contributed by atoms with Gasteiger partial charge in [-0.25, -0.2) is 4.98 Å². The van der Waals surface area contributed by atoms with Crippen LogP contribution < -0.4 is 10.1 Å². The van der Waals surface area contributed by atoms with Gasteiger partial charge in [-0.1, -0.05) is 38.2 Å². The molecule has 1 amide bonds. The first kappa shape index (κ1) is 16.5. The summed E-state index contributed by atoms with van der Waals surface area (Å²) in [6.07, 6.45) is 0. The Labute approximate surface area is 145 Å². The number of benzene rings is 2. The number of amides is 1. The number of nitrogens with zero attached hydrogens (tertiary/aromatic N) is 1. The van der Waals surface area contributed by atoms with E-state index < -0.39 is 0 Å². The van der Waals surface area contributed by atoms with E-state index in [1.807, 2.05) is 6.07 Å². The Morgan fingerprint density at radius 2 is 1.83 bits per heavy atom. The Kier molecular flexibility index (Phi) is 4.28. The molecule has 5 heteroatoms. The van der Waals surface area contributed by atoms with Crippen LogP contribution in [0.25, 0.3) is 10.2 Å². The lowest BCUT2D eigenvalue weighted by Crippen LogP contribution is -2.11. The number of rotatable bonds is 3. The third kappa shape index (κ3) is 3.41. The third-order valence-corrected chi connectivity index (χ3v) is 4.76. The number of carbonyl (C=O) groups excluding carboxylic acids is 1. The number of fused-ring (bicyclic) bond motifs is 1. The highest BCUT2D eigenvalue weighted by Crippen LogP contribution is 2.31. The zero-order chi connectivity index (χ0) is 17.3. The van der Waals surface area contributed by atoms with Gasteiger partial charge in [-0.05, 0) is 47.4 Å². The molecule has 0 saturated heterocycles. The second-order valence-corrected chi connectivity index (χ2v) is 7.66. The van der Waals surface area contributed by atoms with Crippen molar-refractivity contribution in [3.63, 3.8) is 0 Å². The molecule has 0 bridgehead atoms. The van der Waals surface area contributed by atoms with Crippen LogP contribution in [0.3, 0.4) is 0 Å². The molecule has 0 aliphatic heterocycles. The molecule has 0 unspecified atom stereocenters. The van der Waals surface area contributed by atoms with Crippen LogP contribution in [0.2, 0.25) is 0 Å². The average Bonchev–Trinajstić information content (AvgIpc) is 2.95. The fourth-order valence-electron chi connectivity index (χ4n) is 2.36. The molecule has 0 aliphatic rings. The van der Waals surface area contributed by atoms with Crippen LogP contribution >= 0.6 is 11.3 Å². The van der Waals surface area contributed by atoms with Gasteiger partial charge in [-0.15, -0.1) is 0 Å². The van der Waals surface area contributed by atoms with Crippen molar-refractivity contribution in [1.29, 1.82) is 0 Å². The van der Waals surface area contributed by atoms with E-state index in [1.54, 1.807) is 31.4 Å². The van der Waals surface area contributed by atoms with Gasteiger partial charge in [0.1, 0.15) is 5.75 Å². The summed E-state index contributed by atoms with van der Waals surface area (Å²) >= 11 is 1.49. The molecule has 0 spiro atoms. The first-order valence-electron chi connectivity index (χ1n) is 7.73. The van der Waals surface area contributed by atoms with E-state index in [9.17, 15) is 4.79 Å². The minimum absolute atomic E-state index is 0.0880. The van der Waals surface area contributed by atoms with E-state index in [1.165, 1.54) is 16.9 Å². The van der Waals surface area contributed by atoms with Crippen molar-refractivity contribution >= 4 is 32.6 Å². The lowest BCUT2D eigenvalue weighted by molar-refractivity contribution is 0.102. The van der Waals surface area contributed by atoms with Crippen molar-refractivity contribution in [2.45, 2.75) is 26.2 Å². The third-order valence-electron chi connectivity index (χ3n) is 3.83. The number of thiazole rings is 1. The molecule has 2 aromatic carbocycles. The number of methoxy groups -OCH3 is 1. The summed E-state index contributed by atoms with van der Waals surface area (Å²) in [5.41, 5.74) is 2.82. The summed E-state index contributed by atoms with van der Waals surface area (Å²) in [5.74, 6) is 0.550. The first-order chi connectivity index (χ1) is 11.4. The fraction of sp³-hybridized carbons (Fsp3) is 0.263. The normalized spacial score (nSPS) is 11.5. The van der Waals surface area contributed by atoms with Crippen molar-refractivity contribution in [2.75, 3.05) is 12.4 Å².